The van der Waals surface area contributed by atoms with E-state index < -0.39 is 0 Å². The number of benzene rings is 2. The van der Waals surface area contributed by atoms with Crippen LogP contribution in [0.25, 0.3) is 0 Å². The summed E-state index contributed by atoms with van der Waals surface area (Å²) in [6.07, 6.45) is 0. The van der Waals surface area contributed by atoms with Crippen LogP contribution in [-0.2, 0) is 6.61 Å². The lowest BCUT2D eigenvalue weighted by Crippen LogP contribution is -2.48. The van der Waals surface area contributed by atoms with Gasteiger partial charge >= 0.3 is 0 Å². The topological polar surface area (TPSA) is 64.1 Å². The molecule has 8 heteroatoms. The summed E-state index contributed by atoms with van der Waals surface area (Å²) in [7, 11) is 3.24. The average Bonchev–Trinajstić information content (AvgIpc) is 3.36. The second kappa shape index (κ2) is 9.70. The highest BCUT2D eigenvalue weighted by atomic mass is 32.1. The molecular weight excluding hydrogens is 414 g/mol. The van der Waals surface area contributed by atoms with Gasteiger partial charge in [-0.1, -0.05) is 0 Å². The van der Waals surface area contributed by atoms with E-state index in [0.717, 1.165) is 30.2 Å². The summed E-state index contributed by atoms with van der Waals surface area (Å²) >= 11 is 1.53. The van der Waals surface area contributed by atoms with Crippen LogP contribution in [0.15, 0.2) is 53.4 Å². The van der Waals surface area contributed by atoms with Crippen LogP contribution in [0.1, 0.15) is 16.1 Å². The van der Waals surface area contributed by atoms with Crippen LogP contribution >= 0.6 is 11.3 Å². The smallest absolute Gasteiger partial charge is 0.254 e. The van der Waals surface area contributed by atoms with Crippen molar-refractivity contribution in [3.05, 3.63) is 64.6 Å². The molecule has 1 aliphatic rings. The van der Waals surface area contributed by atoms with Crippen molar-refractivity contribution < 1.29 is 19.0 Å². The number of ether oxygens (including phenoxy) is 3. The van der Waals surface area contributed by atoms with E-state index in [0.29, 0.717) is 36.8 Å². The van der Waals surface area contributed by atoms with E-state index in [1.165, 1.54) is 11.3 Å². The Balaban J connectivity index is 1.37. The molecule has 3 aromatic rings. The molecule has 1 aromatic heterocycles. The molecule has 2 aromatic carbocycles. The fraction of sp³-hybridized carbons (Fsp3) is 0.304. The Kier molecular flexibility index (Phi) is 6.57. The Labute approximate surface area is 185 Å². The van der Waals surface area contributed by atoms with Gasteiger partial charge in [0.25, 0.3) is 5.91 Å². The van der Waals surface area contributed by atoms with Gasteiger partial charge in [-0.15, -0.1) is 11.3 Å². The number of nitrogens with zero attached hydrogens (tertiary/aromatic N) is 3. The number of hydrogen-bond acceptors (Lipinski definition) is 7. The normalized spacial score (nSPS) is 13.7. The third-order valence-electron chi connectivity index (χ3n) is 5.27. The first kappa shape index (κ1) is 21.0. The summed E-state index contributed by atoms with van der Waals surface area (Å²) in [5.74, 6) is 1.97. The predicted octanol–water partition coefficient (Wildman–Crippen LogP) is 3.70. The SMILES string of the molecule is COc1ccc(N2CCN(C(=O)c3ccc(OCc4cscn4)c(OC)c3)CC2)cc1. The zero-order chi connectivity index (χ0) is 21.6. The molecule has 0 atom stereocenters. The van der Waals surface area contributed by atoms with E-state index in [2.05, 4.69) is 9.88 Å². The molecule has 4 rings (SSSR count). The Morgan fingerprint density at radius 3 is 2.42 bits per heavy atom. The summed E-state index contributed by atoms with van der Waals surface area (Å²) in [5.41, 5.74) is 4.36. The van der Waals surface area contributed by atoms with Crippen molar-refractivity contribution in [2.45, 2.75) is 6.61 Å². The van der Waals surface area contributed by atoms with Gasteiger partial charge in [0.15, 0.2) is 11.5 Å². The van der Waals surface area contributed by atoms with Crippen molar-refractivity contribution >= 4 is 22.9 Å². The Hall–Kier alpha value is -3.26. The number of aromatic nitrogens is 1. The number of anilines is 1. The minimum atomic E-state index is -0.00117. The van der Waals surface area contributed by atoms with Crippen molar-refractivity contribution in [2.75, 3.05) is 45.3 Å². The van der Waals surface area contributed by atoms with E-state index in [1.54, 1.807) is 37.9 Å². The minimum absolute atomic E-state index is 0.00117. The van der Waals surface area contributed by atoms with Gasteiger partial charge in [0.05, 0.1) is 25.4 Å². The third kappa shape index (κ3) is 4.91. The van der Waals surface area contributed by atoms with Gasteiger partial charge < -0.3 is 24.0 Å². The van der Waals surface area contributed by atoms with Gasteiger partial charge in [-0.25, -0.2) is 4.98 Å². The van der Waals surface area contributed by atoms with Gasteiger partial charge in [0.1, 0.15) is 12.4 Å². The van der Waals surface area contributed by atoms with E-state index in [-0.39, 0.29) is 5.91 Å². The van der Waals surface area contributed by atoms with Crippen LogP contribution < -0.4 is 19.1 Å². The second-order valence-corrected chi connectivity index (χ2v) is 7.83. The molecule has 0 unspecified atom stereocenters. The van der Waals surface area contributed by atoms with E-state index in [1.807, 2.05) is 34.5 Å². The molecule has 31 heavy (non-hydrogen) atoms. The van der Waals surface area contributed by atoms with Crippen LogP contribution in [0.5, 0.6) is 17.2 Å². The van der Waals surface area contributed by atoms with Gasteiger partial charge in [0, 0.05) is 42.8 Å². The molecule has 162 valence electrons. The van der Waals surface area contributed by atoms with E-state index >= 15 is 0 Å². The highest BCUT2D eigenvalue weighted by Crippen LogP contribution is 2.30. The average molecular weight is 440 g/mol. The molecule has 0 saturated carbocycles. The van der Waals surface area contributed by atoms with Crippen molar-refractivity contribution in [1.82, 2.24) is 9.88 Å². The van der Waals surface area contributed by atoms with Crippen molar-refractivity contribution in [1.29, 1.82) is 0 Å². The standard InChI is InChI=1S/C23H25N3O4S/c1-28-20-6-4-19(5-7-20)25-9-11-26(12-10-25)23(27)17-3-8-21(22(13-17)29-2)30-14-18-15-31-16-24-18/h3-8,13,15-16H,9-12,14H2,1-2H3. The highest BCUT2D eigenvalue weighted by Gasteiger charge is 2.23. The van der Waals surface area contributed by atoms with Crippen molar-refractivity contribution in [2.24, 2.45) is 0 Å². The number of amides is 1. The van der Waals surface area contributed by atoms with Crippen molar-refractivity contribution in [3.8, 4) is 17.2 Å². The summed E-state index contributed by atoms with van der Waals surface area (Å²) in [5, 5.41) is 1.94. The number of piperazine rings is 1. The Bertz CT molecular complexity index is 1000. The third-order valence-corrected chi connectivity index (χ3v) is 5.91. The summed E-state index contributed by atoms with van der Waals surface area (Å²) in [4.78, 5) is 21.4. The maximum absolute atomic E-state index is 13.0. The van der Waals surface area contributed by atoms with Gasteiger partial charge in [-0.05, 0) is 42.5 Å². The van der Waals surface area contributed by atoms with E-state index in [9.17, 15) is 4.79 Å². The second-order valence-electron chi connectivity index (χ2n) is 7.11. The fourth-order valence-electron chi connectivity index (χ4n) is 3.52. The molecule has 1 saturated heterocycles. The molecule has 1 amide bonds. The van der Waals surface area contributed by atoms with Crippen molar-refractivity contribution in [3.63, 3.8) is 0 Å². The fourth-order valence-corrected chi connectivity index (χ4v) is 4.07. The molecule has 0 N–H and O–H groups in total. The largest absolute Gasteiger partial charge is 0.497 e. The van der Waals surface area contributed by atoms with Crippen LogP contribution in [0.2, 0.25) is 0 Å². The maximum atomic E-state index is 13.0. The first-order valence-electron chi connectivity index (χ1n) is 10.0. The zero-order valence-corrected chi connectivity index (χ0v) is 18.4. The Morgan fingerprint density at radius 1 is 1.00 bits per heavy atom. The molecule has 1 aliphatic heterocycles. The van der Waals surface area contributed by atoms with E-state index in [4.69, 9.17) is 14.2 Å². The zero-order valence-electron chi connectivity index (χ0n) is 17.6. The quantitative estimate of drug-likeness (QED) is 0.559. The number of methoxy groups -OCH3 is 2. The first-order chi connectivity index (χ1) is 15.2. The van der Waals surface area contributed by atoms with Crippen LogP contribution in [0.3, 0.4) is 0 Å². The number of carbonyl (C=O) groups is 1. The summed E-state index contributed by atoms with van der Waals surface area (Å²) in [6.45, 7) is 3.25. The predicted molar refractivity (Wildman–Crippen MR) is 121 cm³/mol. The van der Waals surface area contributed by atoms with Gasteiger partial charge in [-0.3, -0.25) is 4.79 Å². The molecular formula is C23H25N3O4S. The molecule has 0 spiro atoms. The van der Waals surface area contributed by atoms with Crippen LogP contribution in [0, 0.1) is 0 Å². The number of thiazole rings is 1. The first-order valence-corrected chi connectivity index (χ1v) is 11.0. The molecule has 2 heterocycles. The Morgan fingerprint density at radius 2 is 1.77 bits per heavy atom. The number of rotatable bonds is 7. The monoisotopic (exact) mass is 439 g/mol. The molecule has 0 aliphatic carbocycles. The van der Waals surface area contributed by atoms with Gasteiger partial charge in [-0.2, -0.15) is 0 Å². The summed E-state index contributed by atoms with van der Waals surface area (Å²) in [6, 6.07) is 13.3. The van der Waals surface area contributed by atoms with Gasteiger partial charge in [0.2, 0.25) is 0 Å². The summed E-state index contributed by atoms with van der Waals surface area (Å²) < 4.78 is 16.5. The molecule has 0 bridgehead atoms. The minimum Gasteiger partial charge on any atom is -0.497 e. The lowest BCUT2D eigenvalue weighted by atomic mass is 10.1. The van der Waals surface area contributed by atoms with Crippen LogP contribution in [-0.4, -0.2) is 56.2 Å². The highest BCUT2D eigenvalue weighted by molar-refractivity contribution is 7.07. The van der Waals surface area contributed by atoms with Crippen LogP contribution in [0.4, 0.5) is 5.69 Å². The molecule has 0 radical (unpaired) electrons. The maximum Gasteiger partial charge on any atom is 0.254 e. The number of hydrogen-bond donors (Lipinski definition) is 0. The molecule has 7 nitrogen and oxygen atoms in total. The molecule has 1 fully saturated rings. The number of carbonyl (C=O) groups excluding carboxylic acids is 1. The lowest BCUT2D eigenvalue weighted by Gasteiger charge is -2.36. The lowest BCUT2D eigenvalue weighted by molar-refractivity contribution is 0.0746.